The molecule has 0 bridgehead atoms. The van der Waals surface area contributed by atoms with E-state index < -0.39 is 23.5 Å². The van der Waals surface area contributed by atoms with Crippen LogP contribution in [0, 0.1) is 11.7 Å². The highest BCUT2D eigenvalue weighted by Gasteiger charge is 2.54. The van der Waals surface area contributed by atoms with Crippen molar-refractivity contribution in [1.29, 1.82) is 0 Å². The number of rotatable bonds is 4. The molecule has 1 N–H and O–H groups in total. The van der Waals surface area contributed by atoms with Crippen LogP contribution >= 0.6 is 0 Å². The Morgan fingerprint density at radius 2 is 2.10 bits per heavy atom. The standard InChI is InChI=1S/C22H29FN2O4/c1-15-6-4-10-22(12-15)25(21(27)17-8-2-3-9-18(17)23)19(14-29-22)20(26)24-13-16-7-5-11-28-16/h2-3,8-9,15-16,19H,4-7,10-14H2,1H3,(H,24,26)/t15-,16+,19-,22-/m1/s1. The van der Waals surface area contributed by atoms with Gasteiger partial charge in [-0.15, -0.1) is 0 Å². The third-order valence-electron chi connectivity index (χ3n) is 6.35. The minimum Gasteiger partial charge on any atom is -0.376 e. The number of hydrogen-bond donors (Lipinski definition) is 1. The predicted octanol–water partition coefficient (Wildman–Crippen LogP) is 2.87. The maximum absolute atomic E-state index is 14.4. The summed E-state index contributed by atoms with van der Waals surface area (Å²) >= 11 is 0. The Kier molecular flexibility index (Phi) is 5.88. The fraction of sp³-hybridized carbons (Fsp3) is 0.636. The number of hydrogen-bond acceptors (Lipinski definition) is 4. The van der Waals surface area contributed by atoms with Gasteiger partial charge in [0.2, 0.25) is 5.91 Å². The highest BCUT2D eigenvalue weighted by atomic mass is 19.1. The molecule has 4 atom stereocenters. The Morgan fingerprint density at radius 1 is 1.28 bits per heavy atom. The van der Waals surface area contributed by atoms with Crippen molar-refractivity contribution in [3.63, 3.8) is 0 Å². The third kappa shape index (κ3) is 4.03. The monoisotopic (exact) mass is 404 g/mol. The zero-order valence-electron chi connectivity index (χ0n) is 16.9. The summed E-state index contributed by atoms with van der Waals surface area (Å²) in [6.07, 6.45) is 5.21. The quantitative estimate of drug-likeness (QED) is 0.838. The molecule has 6 nitrogen and oxygen atoms in total. The summed E-state index contributed by atoms with van der Waals surface area (Å²) < 4.78 is 26.1. The molecular weight excluding hydrogens is 375 g/mol. The van der Waals surface area contributed by atoms with Crippen LogP contribution in [0.4, 0.5) is 4.39 Å². The summed E-state index contributed by atoms with van der Waals surface area (Å²) in [5, 5.41) is 2.92. The van der Waals surface area contributed by atoms with E-state index in [1.54, 1.807) is 12.1 Å². The molecule has 2 amide bonds. The van der Waals surface area contributed by atoms with E-state index in [9.17, 15) is 14.0 Å². The average molecular weight is 404 g/mol. The Morgan fingerprint density at radius 3 is 2.83 bits per heavy atom. The van der Waals surface area contributed by atoms with Crippen molar-refractivity contribution in [2.45, 2.75) is 63.3 Å². The van der Waals surface area contributed by atoms with Gasteiger partial charge in [0.15, 0.2) is 0 Å². The first-order valence-corrected chi connectivity index (χ1v) is 10.6. The number of carbonyl (C=O) groups excluding carboxylic acids is 2. The van der Waals surface area contributed by atoms with Gasteiger partial charge in [0.25, 0.3) is 5.91 Å². The van der Waals surface area contributed by atoms with Crippen LogP contribution in [0.1, 0.15) is 55.8 Å². The molecule has 0 unspecified atom stereocenters. The minimum atomic E-state index is -0.844. The molecule has 158 valence electrons. The maximum Gasteiger partial charge on any atom is 0.259 e. The second-order valence-electron chi connectivity index (χ2n) is 8.51. The average Bonchev–Trinajstić information content (AvgIpc) is 3.34. The summed E-state index contributed by atoms with van der Waals surface area (Å²) in [4.78, 5) is 28.0. The molecule has 0 radical (unpaired) electrons. The molecule has 7 heteroatoms. The molecule has 2 saturated heterocycles. The van der Waals surface area contributed by atoms with Gasteiger partial charge in [0.05, 0.1) is 18.3 Å². The van der Waals surface area contributed by atoms with Gasteiger partial charge in [0.1, 0.15) is 17.6 Å². The largest absolute Gasteiger partial charge is 0.376 e. The molecule has 3 fully saturated rings. The molecule has 2 heterocycles. The molecule has 4 rings (SSSR count). The molecule has 29 heavy (non-hydrogen) atoms. The number of amides is 2. The normalized spacial score (nSPS) is 31.9. The van der Waals surface area contributed by atoms with Crippen LogP contribution in [0.5, 0.6) is 0 Å². The number of ether oxygens (including phenoxy) is 2. The van der Waals surface area contributed by atoms with E-state index >= 15 is 0 Å². The SMILES string of the molecule is C[C@@H]1CCC[C@]2(C1)OC[C@H](C(=O)NC[C@@H]1CCCO1)N2C(=O)c1ccccc1F. The fourth-order valence-corrected chi connectivity index (χ4v) is 4.91. The number of benzene rings is 1. The number of halogens is 1. The number of nitrogens with zero attached hydrogens (tertiary/aromatic N) is 1. The number of carbonyl (C=O) groups is 2. The van der Waals surface area contributed by atoms with Gasteiger partial charge in [0, 0.05) is 13.2 Å². The van der Waals surface area contributed by atoms with Crippen LogP contribution < -0.4 is 5.32 Å². The highest BCUT2D eigenvalue weighted by molar-refractivity contribution is 5.98. The molecule has 3 aliphatic rings. The first kappa shape index (κ1) is 20.3. The van der Waals surface area contributed by atoms with Crippen molar-refractivity contribution in [2.24, 2.45) is 5.92 Å². The lowest BCUT2D eigenvalue weighted by Gasteiger charge is -2.43. The molecule has 1 spiro atoms. The molecular formula is C22H29FN2O4. The van der Waals surface area contributed by atoms with Crippen molar-refractivity contribution in [3.05, 3.63) is 35.6 Å². The third-order valence-corrected chi connectivity index (χ3v) is 6.35. The van der Waals surface area contributed by atoms with E-state index in [1.165, 1.54) is 17.0 Å². The first-order valence-electron chi connectivity index (χ1n) is 10.6. The summed E-state index contributed by atoms with van der Waals surface area (Å²) in [7, 11) is 0. The van der Waals surface area contributed by atoms with Crippen LogP contribution in [-0.4, -0.2) is 54.3 Å². The minimum absolute atomic E-state index is 0.0145. The van der Waals surface area contributed by atoms with Crippen LogP contribution in [0.25, 0.3) is 0 Å². The summed E-state index contributed by atoms with van der Waals surface area (Å²) in [6.45, 7) is 3.39. The predicted molar refractivity (Wildman–Crippen MR) is 105 cm³/mol. The lowest BCUT2D eigenvalue weighted by atomic mass is 9.83. The van der Waals surface area contributed by atoms with Gasteiger partial charge in [-0.2, -0.15) is 0 Å². The van der Waals surface area contributed by atoms with E-state index in [2.05, 4.69) is 12.2 Å². The Hall–Kier alpha value is -1.99. The maximum atomic E-state index is 14.4. The Bertz CT molecular complexity index is 767. The van der Waals surface area contributed by atoms with E-state index in [4.69, 9.17) is 9.47 Å². The van der Waals surface area contributed by atoms with E-state index in [-0.39, 0.29) is 24.2 Å². The van der Waals surface area contributed by atoms with Crippen molar-refractivity contribution in [2.75, 3.05) is 19.8 Å². The van der Waals surface area contributed by atoms with Gasteiger partial charge in [-0.3, -0.25) is 14.5 Å². The van der Waals surface area contributed by atoms with Crippen molar-refractivity contribution in [3.8, 4) is 0 Å². The highest BCUT2D eigenvalue weighted by Crippen LogP contribution is 2.43. The van der Waals surface area contributed by atoms with Crippen LogP contribution in [0.3, 0.4) is 0 Å². The van der Waals surface area contributed by atoms with Gasteiger partial charge in [-0.25, -0.2) is 4.39 Å². The fourth-order valence-electron chi connectivity index (χ4n) is 4.91. The smallest absolute Gasteiger partial charge is 0.259 e. The van der Waals surface area contributed by atoms with Crippen molar-refractivity contribution >= 4 is 11.8 Å². The molecule has 0 aromatic heterocycles. The molecule has 1 aromatic rings. The topological polar surface area (TPSA) is 67.9 Å². The first-order chi connectivity index (χ1) is 14.0. The van der Waals surface area contributed by atoms with Crippen molar-refractivity contribution in [1.82, 2.24) is 10.2 Å². The Labute approximate surface area is 170 Å². The lowest BCUT2D eigenvalue weighted by Crippen LogP contribution is -2.57. The molecule has 1 aliphatic carbocycles. The summed E-state index contributed by atoms with van der Waals surface area (Å²) in [6, 6.07) is 5.16. The zero-order valence-corrected chi connectivity index (χ0v) is 16.9. The van der Waals surface area contributed by atoms with Gasteiger partial charge in [-0.05, 0) is 50.2 Å². The molecule has 1 saturated carbocycles. The van der Waals surface area contributed by atoms with Crippen LogP contribution in [0.2, 0.25) is 0 Å². The van der Waals surface area contributed by atoms with Gasteiger partial charge >= 0.3 is 0 Å². The van der Waals surface area contributed by atoms with Gasteiger partial charge in [-0.1, -0.05) is 25.5 Å². The van der Waals surface area contributed by atoms with E-state index in [0.717, 1.165) is 25.7 Å². The lowest BCUT2D eigenvalue weighted by molar-refractivity contribution is -0.128. The van der Waals surface area contributed by atoms with E-state index in [0.29, 0.717) is 31.9 Å². The van der Waals surface area contributed by atoms with Gasteiger partial charge < -0.3 is 14.8 Å². The molecule has 2 aliphatic heterocycles. The molecule has 1 aromatic carbocycles. The summed E-state index contributed by atoms with van der Waals surface area (Å²) in [5.74, 6) is -0.956. The van der Waals surface area contributed by atoms with Crippen LogP contribution in [0.15, 0.2) is 24.3 Å². The number of nitrogens with one attached hydrogen (secondary N) is 1. The van der Waals surface area contributed by atoms with E-state index in [1.807, 2.05) is 0 Å². The second-order valence-corrected chi connectivity index (χ2v) is 8.51. The summed E-state index contributed by atoms with van der Waals surface area (Å²) in [5.41, 5.74) is -0.865. The Balaban J connectivity index is 1.59. The zero-order chi connectivity index (χ0) is 20.4. The van der Waals surface area contributed by atoms with Crippen LogP contribution in [-0.2, 0) is 14.3 Å². The van der Waals surface area contributed by atoms with Crippen molar-refractivity contribution < 1.29 is 23.5 Å². The second kappa shape index (κ2) is 8.40.